The number of aliphatic hydroxyl groups is 1. The monoisotopic (exact) mass is 547 g/mol. The van der Waals surface area contributed by atoms with E-state index in [1.54, 1.807) is 32.0 Å². The van der Waals surface area contributed by atoms with E-state index in [4.69, 9.17) is 19.5 Å². The molecule has 3 rings (SSSR count). The topological polar surface area (TPSA) is 143 Å². The van der Waals surface area contributed by atoms with Crippen molar-refractivity contribution in [1.29, 1.82) is 0 Å². The van der Waals surface area contributed by atoms with Crippen molar-refractivity contribution in [3.63, 3.8) is 0 Å². The highest BCUT2D eigenvalue weighted by Gasteiger charge is 2.59. The summed E-state index contributed by atoms with van der Waals surface area (Å²) in [5, 5.41) is 7.26. The molecule has 1 saturated heterocycles. The minimum atomic E-state index is -4.09. The number of nitrogens with two attached hydrogens (primary N) is 1. The maximum atomic E-state index is 14.9. The van der Waals surface area contributed by atoms with E-state index in [0.29, 0.717) is 16.3 Å². The van der Waals surface area contributed by atoms with E-state index < -0.39 is 60.5 Å². The second kappa shape index (κ2) is 11.3. The van der Waals surface area contributed by atoms with Crippen molar-refractivity contribution in [3.8, 4) is 5.75 Å². The number of para-hydroxylation sites is 1. The fourth-order valence-electron chi connectivity index (χ4n) is 3.41. The second-order valence-electron chi connectivity index (χ2n) is 8.57. The van der Waals surface area contributed by atoms with Gasteiger partial charge < -0.3 is 20.1 Å². The number of alkyl halides is 2. The Morgan fingerprint density at radius 3 is 2.56 bits per heavy atom. The Morgan fingerprint density at radius 1 is 1.28 bits per heavy atom. The molecule has 0 unspecified atom stereocenters. The molecule has 1 aromatic carbocycles. The summed E-state index contributed by atoms with van der Waals surface area (Å²) in [6, 6.07) is 9.22. The van der Waals surface area contributed by atoms with E-state index in [9.17, 15) is 28.0 Å². The molecule has 198 valence electrons. The van der Waals surface area contributed by atoms with Gasteiger partial charge in [-0.2, -0.15) is 4.98 Å². The molecule has 0 saturated carbocycles. The van der Waals surface area contributed by atoms with Crippen LogP contribution in [0.2, 0.25) is 0 Å². The third kappa shape index (κ3) is 6.64. The van der Waals surface area contributed by atoms with E-state index >= 15 is 0 Å². The number of anilines is 1. The molecule has 1 aliphatic rings. The number of benzene rings is 1. The quantitative estimate of drug-likeness (QED) is 0.336. The number of ether oxygens (including phenoxy) is 1. The van der Waals surface area contributed by atoms with Crippen LogP contribution in [0.1, 0.15) is 26.1 Å². The molecule has 14 heteroatoms. The number of rotatable bonds is 10. The van der Waals surface area contributed by atoms with Crippen molar-refractivity contribution < 1.29 is 37.0 Å². The van der Waals surface area contributed by atoms with Gasteiger partial charge in [0.15, 0.2) is 5.37 Å². The largest absolute Gasteiger partial charge is 0.463 e. The van der Waals surface area contributed by atoms with Crippen LogP contribution in [0.4, 0.5) is 14.6 Å². The van der Waals surface area contributed by atoms with Crippen molar-refractivity contribution in [1.82, 2.24) is 9.55 Å². The summed E-state index contributed by atoms with van der Waals surface area (Å²) in [6.45, 7) is 4.21. The van der Waals surface area contributed by atoms with Gasteiger partial charge in [-0.15, -0.1) is 11.8 Å². The first-order valence-electron chi connectivity index (χ1n) is 11.1. The van der Waals surface area contributed by atoms with Crippen molar-refractivity contribution in [2.45, 2.75) is 49.5 Å². The van der Waals surface area contributed by atoms with E-state index in [-0.39, 0.29) is 17.7 Å². The highest BCUT2D eigenvalue weighted by molar-refractivity contribution is 8.00. The third-order valence-corrected chi connectivity index (χ3v) is 8.73. The normalized spacial score (nSPS) is 23.7. The van der Waals surface area contributed by atoms with Crippen LogP contribution in [0.3, 0.4) is 0 Å². The van der Waals surface area contributed by atoms with E-state index in [0.717, 1.165) is 6.20 Å². The van der Waals surface area contributed by atoms with Crippen LogP contribution in [0.15, 0.2) is 47.4 Å². The van der Waals surface area contributed by atoms with Crippen molar-refractivity contribution in [2.75, 3.05) is 18.5 Å². The summed E-state index contributed by atoms with van der Waals surface area (Å²) >= 11 is 0.568. The number of aliphatic hydroxyl groups excluding tert-OH is 1. The molecular formula is C22H28F2N3O7PS. The first kappa shape index (κ1) is 28.1. The Labute approximate surface area is 210 Å². The number of carbonyl (C=O) groups is 1. The Hall–Kier alpha value is -2.47. The average Bonchev–Trinajstić information content (AvgIpc) is 3.01. The molecule has 10 nitrogen and oxygen atoms in total. The number of thioether (sulfide) groups is 1. The van der Waals surface area contributed by atoms with Gasteiger partial charge in [0, 0.05) is 6.20 Å². The van der Waals surface area contributed by atoms with Gasteiger partial charge in [-0.3, -0.25) is 13.9 Å². The van der Waals surface area contributed by atoms with Crippen LogP contribution in [0.25, 0.3) is 0 Å². The molecule has 2 aromatic rings. The molecule has 36 heavy (non-hydrogen) atoms. The molecule has 0 spiro atoms. The molecule has 5 atom stereocenters. The predicted octanol–water partition coefficient (Wildman–Crippen LogP) is 3.31. The third-order valence-electron chi connectivity index (χ3n) is 5.16. The SMILES string of the molecule is CC(C)OC(=O)[C@H](C)C[P@](=O)(OC[C@H]1S[C@@H](n2ccc(N)nc2=O)C(F)(F)[C@@H]1O)Oc1ccccc1. The van der Waals surface area contributed by atoms with Gasteiger partial charge in [0.1, 0.15) is 17.7 Å². The van der Waals surface area contributed by atoms with E-state index in [2.05, 4.69) is 4.98 Å². The van der Waals surface area contributed by atoms with E-state index in [1.807, 2.05) is 0 Å². The van der Waals surface area contributed by atoms with Gasteiger partial charge in [0.25, 0.3) is 0 Å². The smallest absolute Gasteiger partial charge is 0.380 e. The lowest BCUT2D eigenvalue weighted by Crippen LogP contribution is -2.42. The number of esters is 1. The van der Waals surface area contributed by atoms with Gasteiger partial charge >= 0.3 is 25.2 Å². The van der Waals surface area contributed by atoms with Crippen molar-refractivity contribution in [3.05, 3.63) is 53.1 Å². The minimum absolute atomic E-state index is 0.132. The maximum absolute atomic E-state index is 14.9. The lowest BCUT2D eigenvalue weighted by molar-refractivity contribution is -0.151. The van der Waals surface area contributed by atoms with Crippen molar-refractivity contribution in [2.24, 2.45) is 5.92 Å². The molecule has 1 aromatic heterocycles. The molecular weight excluding hydrogens is 519 g/mol. The standard InChI is InChI=1S/C22H28F2N3O7PS/c1-13(2)33-19(29)14(3)12-35(31,34-15-7-5-4-6-8-15)32-11-16-18(28)22(23,24)20(36-16)27-10-9-17(25)26-21(27)30/h4-10,13-14,16,18,20,28H,11-12H2,1-3H3,(H2,25,26,30)/t14-,16-,18-,20-,35+/m1/s1. The van der Waals surface area contributed by atoms with Gasteiger partial charge in [0.05, 0.1) is 30.0 Å². The number of aromatic nitrogens is 2. The summed E-state index contributed by atoms with van der Waals surface area (Å²) < 4.78 is 60.4. The van der Waals surface area contributed by atoms with Gasteiger partial charge in [-0.05, 0) is 32.0 Å². The van der Waals surface area contributed by atoms with Crippen molar-refractivity contribution >= 4 is 31.1 Å². The predicted molar refractivity (Wildman–Crippen MR) is 130 cm³/mol. The number of nitrogen functional groups attached to an aromatic ring is 1. The molecule has 0 bridgehead atoms. The second-order valence-corrected chi connectivity index (χ2v) is 11.9. The molecule has 2 heterocycles. The summed E-state index contributed by atoms with van der Waals surface area (Å²) in [5.41, 5.74) is 4.43. The minimum Gasteiger partial charge on any atom is -0.463 e. The van der Waals surface area contributed by atoms with Crippen LogP contribution in [0, 0.1) is 5.92 Å². The number of carbonyl (C=O) groups excluding carboxylic acids is 1. The highest BCUT2D eigenvalue weighted by atomic mass is 32.2. The lowest BCUT2D eigenvalue weighted by Gasteiger charge is -2.24. The fourth-order valence-corrected chi connectivity index (χ4v) is 6.82. The lowest BCUT2D eigenvalue weighted by atomic mass is 10.1. The summed E-state index contributed by atoms with van der Waals surface area (Å²) in [5.74, 6) is -5.20. The molecule has 1 fully saturated rings. The highest BCUT2D eigenvalue weighted by Crippen LogP contribution is 2.55. The van der Waals surface area contributed by atoms with Gasteiger partial charge in [-0.25, -0.2) is 18.1 Å². The number of nitrogens with zero attached hydrogens (tertiary/aromatic N) is 2. The van der Waals surface area contributed by atoms with Crippen LogP contribution >= 0.6 is 19.4 Å². The van der Waals surface area contributed by atoms with Crippen LogP contribution < -0.4 is 15.9 Å². The molecule has 1 aliphatic heterocycles. The van der Waals surface area contributed by atoms with Gasteiger partial charge in [-0.1, -0.05) is 25.1 Å². The van der Waals surface area contributed by atoms with Crippen LogP contribution in [0.5, 0.6) is 5.75 Å². The summed E-state index contributed by atoms with van der Waals surface area (Å²) in [6.07, 6.45) is -1.95. The first-order valence-corrected chi connectivity index (χ1v) is 13.7. The Bertz CT molecular complexity index is 1170. The Balaban J connectivity index is 1.79. The zero-order valence-electron chi connectivity index (χ0n) is 19.8. The van der Waals surface area contributed by atoms with E-state index in [1.165, 1.54) is 25.1 Å². The summed E-state index contributed by atoms with van der Waals surface area (Å²) in [7, 11) is -4.09. The fraction of sp³-hybridized carbons (Fsp3) is 0.500. The average molecular weight is 548 g/mol. The molecule has 3 N–H and O–H groups in total. The number of halogens is 2. The summed E-state index contributed by atoms with van der Waals surface area (Å²) in [4.78, 5) is 27.9. The Morgan fingerprint density at radius 2 is 1.94 bits per heavy atom. The Kier molecular flexibility index (Phi) is 8.81. The maximum Gasteiger partial charge on any atom is 0.380 e. The first-order chi connectivity index (χ1) is 16.8. The number of hydrogen-bond donors (Lipinski definition) is 2. The van der Waals surface area contributed by atoms with Gasteiger partial charge in [0.2, 0.25) is 0 Å². The van der Waals surface area contributed by atoms with Crippen LogP contribution in [-0.4, -0.2) is 56.8 Å². The van der Waals surface area contributed by atoms with Crippen LogP contribution in [-0.2, 0) is 18.6 Å². The zero-order chi connectivity index (χ0) is 26.7. The number of hydrogen-bond acceptors (Lipinski definition) is 10. The molecule has 0 aliphatic carbocycles. The zero-order valence-corrected chi connectivity index (χ0v) is 21.5. The molecule has 0 amide bonds. The molecule has 0 radical (unpaired) electrons.